The molecule has 2 unspecified atom stereocenters. The molecule has 3 rings (SSSR count). The van der Waals surface area contributed by atoms with Gasteiger partial charge in [-0.15, -0.1) is 0 Å². The number of nitriles is 2. The largest absolute Gasteiger partial charge is 0.261 e. The summed E-state index contributed by atoms with van der Waals surface area (Å²) in [4.78, 5) is 8.40. The molecule has 1 saturated heterocycles. The Labute approximate surface area is 140 Å². The molecule has 0 aromatic carbocycles. The summed E-state index contributed by atoms with van der Waals surface area (Å²) < 4.78 is 24.9. The monoisotopic (exact) mass is 338 g/mol. The van der Waals surface area contributed by atoms with E-state index in [1.54, 1.807) is 36.4 Å². The summed E-state index contributed by atoms with van der Waals surface area (Å²) in [5.41, 5.74) is -0.664. The van der Waals surface area contributed by atoms with E-state index < -0.39 is 27.1 Å². The molecule has 0 radical (unpaired) electrons. The van der Waals surface area contributed by atoms with Crippen molar-refractivity contribution in [2.45, 2.75) is 11.8 Å². The summed E-state index contributed by atoms with van der Waals surface area (Å²) in [5, 5.41) is 19.7. The third-order valence-electron chi connectivity index (χ3n) is 4.40. The maximum absolute atomic E-state index is 12.5. The van der Waals surface area contributed by atoms with E-state index in [0.29, 0.717) is 11.4 Å². The maximum atomic E-state index is 12.5. The summed E-state index contributed by atoms with van der Waals surface area (Å²) >= 11 is 0. The Bertz CT molecular complexity index is 843. The SMILES string of the molecule is N#CC1(C#N)C(c2ccccn2)CS(=O)(=O)CC1c1ccccn1. The van der Waals surface area contributed by atoms with Crippen LogP contribution >= 0.6 is 0 Å². The van der Waals surface area contributed by atoms with E-state index in [4.69, 9.17) is 0 Å². The first kappa shape index (κ1) is 16.1. The molecule has 120 valence electrons. The molecule has 0 N–H and O–H groups in total. The van der Waals surface area contributed by atoms with Gasteiger partial charge in [0.25, 0.3) is 0 Å². The predicted molar refractivity (Wildman–Crippen MR) is 86.3 cm³/mol. The van der Waals surface area contributed by atoms with E-state index in [1.165, 1.54) is 12.4 Å². The van der Waals surface area contributed by atoms with E-state index in [0.717, 1.165) is 0 Å². The molecule has 24 heavy (non-hydrogen) atoms. The quantitative estimate of drug-likeness (QED) is 0.826. The molecule has 6 nitrogen and oxygen atoms in total. The Morgan fingerprint density at radius 1 is 0.917 bits per heavy atom. The van der Waals surface area contributed by atoms with E-state index in [1.807, 2.05) is 0 Å². The van der Waals surface area contributed by atoms with Gasteiger partial charge in [-0.05, 0) is 24.3 Å². The first-order chi connectivity index (χ1) is 11.5. The minimum atomic E-state index is -3.45. The molecule has 1 aliphatic heterocycles. The van der Waals surface area contributed by atoms with Crippen LogP contribution in [0.2, 0.25) is 0 Å². The Kier molecular flexibility index (Phi) is 4.04. The highest BCUT2D eigenvalue weighted by molar-refractivity contribution is 7.91. The zero-order valence-electron chi connectivity index (χ0n) is 12.7. The van der Waals surface area contributed by atoms with Crippen LogP contribution < -0.4 is 0 Å². The molecule has 2 aromatic rings. The normalized spacial score (nSPS) is 24.4. The maximum Gasteiger partial charge on any atom is 0.162 e. The Morgan fingerprint density at radius 2 is 1.38 bits per heavy atom. The van der Waals surface area contributed by atoms with Gasteiger partial charge >= 0.3 is 0 Å². The Hall–Kier alpha value is -2.77. The van der Waals surface area contributed by atoms with Gasteiger partial charge < -0.3 is 0 Å². The van der Waals surface area contributed by atoms with Gasteiger partial charge in [0, 0.05) is 35.6 Å². The highest BCUT2D eigenvalue weighted by Gasteiger charge is 2.55. The van der Waals surface area contributed by atoms with Gasteiger partial charge in [-0.1, -0.05) is 12.1 Å². The number of hydrogen-bond donors (Lipinski definition) is 0. The number of hydrogen-bond acceptors (Lipinski definition) is 6. The van der Waals surface area contributed by atoms with Crippen LogP contribution in [0.25, 0.3) is 0 Å². The van der Waals surface area contributed by atoms with Gasteiger partial charge in [0.15, 0.2) is 15.3 Å². The highest BCUT2D eigenvalue weighted by Crippen LogP contribution is 2.50. The third kappa shape index (κ3) is 2.64. The van der Waals surface area contributed by atoms with Crippen molar-refractivity contribution in [3.8, 4) is 12.1 Å². The second kappa shape index (κ2) is 6.03. The van der Waals surface area contributed by atoms with Crippen molar-refractivity contribution in [2.24, 2.45) is 5.41 Å². The number of sulfone groups is 1. The highest BCUT2D eigenvalue weighted by atomic mass is 32.2. The summed E-state index contributed by atoms with van der Waals surface area (Å²) in [6.45, 7) is 0. The van der Waals surface area contributed by atoms with E-state index in [9.17, 15) is 18.9 Å². The van der Waals surface area contributed by atoms with Crippen LogP contribution in [-0.4, -0.2) is 29.9 Å². The van der Waals surface area contributed by atoms with Crippen LogP contribution in [0.1, 0.15) is 23.2 Å². The zero-order valence-corrected chi connectivity index (χ0v) is 13.5. The molecule has 1 aliphatic rings. The molecule has 0 aliphatic carbocycles. The second-order valence-electron chi connectivity index (χ2n) is 5.78. The lowest BCUT2D eigenvalue weighted by Gasteiger charge is -2.39. The smallest absolute Gasteiger partial charge is 0.162 e. The van der Waals surface area contributed by atoms with Crippen molar-refractivity contribution in [2.75, 3.05) is 11.5 Å². The molecule has 2 aromatic heterocycles. The lowest BCUT2D eigenvalue weighted by Crippen LogP contribution is -2.45. The van der Waals surface area contributed by atoms with Crippen LogP contribution in [0.5, 0.6) is 0 Å². The molecule has 2 atom stereocenters. The van der Waals surface area contributed by atoms with Crippen LogP contribution in [0.15, 0.2) is 48.8 Å². The van der Waals surface area contributed by atoms with Crippen molar-refractivity contribution in [3.63, 3.8) is 0 Å². The first-order valence-corrected chi connectivity index (χ1v) is 9.19. The van der Waals surface area contributed by atoms with Gasteiger partial charge in [-0.25, -0.2) is 8.42 Å². The van der Waals surface area contributed by atoms with E-state index in [2.05, 4.69) is 22.1 Å². The van der Waals surface area contributed by atoms with Crippen molar-refractivity contribution in [1.29, 1.82) is 10.5 Å². The topological polar surface area (TPSA) is 107 Å². The standard InChI is InChI=1S/C17H14N4O2S/c18-11-17(12-19)13(15-5-1-3-7-20-15)9-24(22,23)10-14(17)16-6-2-4-8-21-16/h1-8,13-14H,9-10H2. The summed E-state index contributed by atoms with van der Waals surface area (Å²) in [5.74, 6) is -2.18. The predicted octanol–water partition coefficient (Wildman–Crippen LogP) is 1.81. The first-order valence-electron chi connectivity index (χ1n) is 7.37. The third-order valence-corrected chi connectivity index (χ3v) is 6.08. The molecule has 7 heteroatoms. The molecule has 3 heterocycles. The molecular formula is C17H14N4O2S. The zero-order chi connectivity index (χ0) is 17.2. The van der Waals surface area contributed by atoms with Gasteiger partial charge in [-0.2, -0.15) is 10.5 Å². The molecular weight excluding hydrogens is 324 g/mol. The van der Waals surface area contributed by atoms with Crippen LogP contribution in [0, 0.1) is 28.1 Å². The second-order valence-corrected chi connectivity index (χ2v) is 7.94. The number of pyridine rings is 2. The number of rotatable bonds is 2. The average molecular weight is 338 g/mol. The van der Waals surface area contributed by atoms with E-state index in [-0.39, 0.29) is 11.5 Å². The average Bonchev–Trinajstić information content (AvgIpc) is 2.62. The van der Waals surface area contributed by atoms with Gasteiger partial charge in [0.1, 0.15) is 0 Å². The van der Waals surface area contributed by atoms with Crippen molar-refractivity contribution >= 4 is 9.84 Å². The molecule has 0 spiro atoms. The van der Waals surface area contributed by atoms with Crippen LogP contribution in [0.3, 0.4) is 0 Å². The lowest BCUT2D eigenvalue weighted by atomic mass is 9.66. The minimum Gasteiger partial charge on any atom is -0.261 e. The lowest BCUT2D eigenvalue weighted by molar-refractivity contribution is 0.341. The molecule has 1 fully saturated rings. The molecule has 0 bridgehead atoms. The van der Waals surface area contributed by atoms with Crippen LogP contribution in [-0.2, 0) is 9.84 Å². The van der Waals surface area contributed by atoms with Crippen molar-refractivity contribution in [3.05, 3.63) is 60.2 Å². The van der Waals surface area contributed by atoms with Crippen molar-refractivity contribution in [1.82, 2.24) is 9.97 Å². The van der Waals surface area contributed by atoms with Gasteiger partial charge in [0.2, 0.25) is 0 Å². The number of nitrogens with zero attached hydrogens (tertiary/aromatic N) is 4. The van der Waals surface area contributed by atoms with Gasteiger partial charge in [-0.3, -0.25) is 9.97 Å². The summed E-state index contributed by atoms with van der Waals surface area (Å²) in [6, 6.07) is 14.4. The summed E-state index contributed by atoms with van der Waals surface area (Å²) in [6.07, 6.45) is 3.07. The van der Waals surface area contributed by atoms with E-state index >= 15 is 0 Å². The fourth-order valence-corrected chi connectivity index (χ4v) is 5.24. The van der Waals surface area contributed by atoms with Crippen LogP contribution in [0.4, 0.5) is 0 Å². The fourth-order valence-electron chi connectivity index (χ4n) is 3.22. The number of aromatic nitrogens is 2. The Balaban J connectivity index is 2.22. The molecule has 0 saturated carbocycles. The summed E-state index contributed by atoms with van der Waals surface area (Å²) in [7, 11) is -3.45. The fraction of sp³-hybridized carbons (Fsp3) is 0.294. The molecule has 0 amide bonds. The van der Waals surface area contributed by atoms with Crippen molar-refractivity contribution < 1.29 is 8.42 Å². The Morgan fingerprint density at radius 3 is 1.71 bits per heavy atom. The minimum absolute atomic E-state index is 0.269. The van der Waals surface area contributed by atoms with Gasteiger partial charge in [0.05, 0.1) is 23.6 Å².